The van der Waals surface area contributed by atoms with Crippen LogP contribution >= 0.6 is 39.8 Å². The molecular weight excluding hydrogens is 526 g/mol. The first kappa shape index (κ1) is 24.3. The Morgan fingerprint density at radius 2 is 1.86 bits per heavy atom. The number of ether oxygens (including phenoxy) is 3. The van der Waals surface area contributed by atoms with Gasteiger partial charge in [0.25, 0.3) is 0 Å². The van der Waals surface area contributed by atoms with Crippen LogP contribution in [0.3, 0.4) is 0 Å². The van der Waals surface area contributed by atoms with Crippen molar-refractivity contribution in [1.29, 1.82) is 0 Å². The van der Waals surface area contributed by atoms with Crippen molar-refractivity contribution in [2.75, 3.05) is 20.3 Å². The van der Waals surface area contributed by atoms with Crippen LogP contribution in [0.5, 0.6) is 11.5 Å². The fourth-order valence-corrected chi connectivity index (χ4v) is 4.46. The lowest BCUT2D eigenvalue weighted by Crippen LogP contribution is -2.24. The summed E-state index contributed by atoms with van der Waals surface area (Å²) >= 11 is 3.57. The van der Waals surface area contributed by atoms with Gasteiger partial charge in [-0.05, 0) is 60.3 Å². The summed E-state index contributed by atoms with van der Waals surface area (Å²) in [7, 11) is 1.59. The Morgan fingerprint density at radius 3 is 2.52 bits per heavy atom. The smallest absolute Gasteiger partial charge is 0.306 e. The fourth-order valence-electron chi connectivity index (χ4n) is 2.54. The minimum absolute atomic E-state index is 0.0713. The quantitative estimate of drug-likeness (QED) is 0.113. The number of Topliss-reactive ketones (excluding diaryl/α,β-unsaturated/α-hetero) is 1. The highest BCUT2D eigenvalue weighted by molar-refractivity contribution is 14.2. The monoisotopic (exact) mass is 552 g/mol. The minimum atomic E-state index is -0.548. The van der Waals surface area contributed by atoms with Crippen LogP contribution in [-0.2, 0) is 14.1 Å². The SMILES string of the molecule is COc1cc2sc(C(=O)CCC(=O)OC(C)(C)C)cc2cc1OCCCOPI. The van der Waals surface area contributed by atoms with Crippen molar-refractivity contribution in [1.82, 2.24) is 0 Å². The molecule has 1 aromatic carbocycles. The van der Waals surface area contributed by atoms with Crippen LogP contribution in [0.1, 0.15) is 49.7 Å². The summed E-state index contributed by atoms with van der Waals surface area (Å²) in [5, 5.41) is 0.913. The lowest BCUT2D eigenvalue weighted by Gasteiger charge is -2.19. The van der Waals surface area contributed by atoms with Crippen LogP contribution < -0.4 is 9.47 Å². The normalized spacial score (nSPS) is 11.9. The van der Waals surface area contributed by atoms with Gasteiger partial charge in [0, 0.05) is 23.6 Å². The second kappa shape index (κ2) is 11.4. The molecule has 160 valence electrons. The van der Waals surface area contributed by atoms with E-state index in [1.54, 1.807) is 7.11 Å². The van der Waals surface area contributed by atoms with Gasteiger partial charge >= 0.3 is 5.97 Å². The molecule has 2 aromatic rings. The Balaban J connectivity index is 2.04. The summed E-state index contributed by atoms with van der Waals surface area (Å²) in [4.78, 5) is 25.0. The lowest BCUT2D eigenvalue weighted by atomic mass is 10.1. The Kier molecular flexibility index (Phi) is 9.59. The molecule has 1 unspecified atom stereocenters. The Bertz CT molecular complexity index is 845. The van der Waals surface area contributed by atoms with E-state index in [0.717, 1.165) is 16.5 Å². The molecule has 1 atom stereocenters. The molecule has 0 bridgehead atoms. The summed E-state index contributed by atoms with van der Waals surface area (Å²) in [6, 6.07) is 5.60. The van der Waals surface area contributed by atoms with Gasteiger partial charge in [0.05, 0.1) is 38.1 Å². The molecular formula is C20H26IO6PS. The number of hydrogen-bond acceptors (Lipinski definition) is 7. The third-order valence-electron chi connectivity index (χ3n) is 3.76. The molecule has 6 nitrogen and oxygen atoms in total. The van der Waals surface area contributed by atoms with E-state index < -0.39 is 5.60 Å². The predicted octanol–water partition coefficient (Wildman–Crippen LogP) is 5.94. The molecule has 0 aliphatic heterocycles. The first-order valence-electron chi connectivity index (χ1n) is 9.20. The van der Waals surface area contributed by atoms with E-state index >= 15 is 0 Å². The summed E-state index contributed by atoms with van der Waals surface area (Å²) in [6.45, 7) is 7.05. The molecule has 2 rings (SSSR count). The number of ketones is 1. The summed E-state index contributed by atoms with van der Waals surface area (Å²) < 4.78 is 22.8. The van der Waals surface area contributed by atoms with Crippen LogP contribution in [-0.4, -0.2) is 37.7 Å². The van der Waals surface area contributed by atoms with Crippen LogP contribution in [0.4, 0.5) is 0 Å². The van der Waals surface area contributed by atoms with E-state index in [9.17, 15) is 9.59 Å². The minimum Gasteiger partial charge on any atom is -0.493 e. The third kappa shape index (κ3) is 8.00. The Hall–Kier alpha value is -0.960. The predicted molar refractivity (Wildman–Crippen MR) is 126 cm³/mol. The van der Waals surface area contributed by atoms with Crippen molar-refractivity contribution in [3.8, 4) is 11.5 Å². The number of thiophene rings is 1. The molecule has 9 heteroatoms. The van der Waals surface area contributed by atoms with Gasteiger partial charge in [0.15, 0.2) is 17.3 Å². The maximum absolute atomic E-state index is 12.5. The van der Waals surface area contributed by atoms with E-state index in [1.165, 1.54) is 11.3 Å². The molecule has 0 spiro atoms. The number of benzene rings is 1. The van der Waals surface area contributed by atoms with Gasteiger partial charge in [0.2, 0.25) is 0 Å². The standard InChI is InChI=1S/C20H26IO6PS/c1-20(2,3)27-19(23)7-6-14(22)18-11-13-10-16(25-8-5-9-26-28-21)15(24-4)12-17(13)29-18/h10-12,28H,5-9H2,1-4H3. The maximum Gasteiger partial charge on any atom is 0.306 e. The third-order valence-corrected chi connectivity index (χ3v) is 6.14. The van der Waals surface area contributed by atoms with Crippen molar-refractivity contribution in [3.05, 3.63) is 23.1 Å². The molecule has 0 saturated heterocycles. The number of methoxy groups -OCH3 is 1. The Morgan fingerprint density at radius 1 is 1.10 bits per heavy atom. The summed E-state index contributed by atoms with van der Waals surface area (Å²) in [6.07, 6.45) is 0.983. The van der Waals surface area contributed by atoms with Crippen molar-refractivity contribution in [3.63, 3.8) is 0 Å². The molecule has 0 saturated carbocycles. The van der Waals surface area contributed by atoms with Crippen LogP contribution in [0.25, 0.3) is 10.1 Å². The van der Waals surface area contributed by atoms with Crippen LogP contribution in [0.2, 0.25) is 0 Å². The average molecular weight is 552 g/mol. The van der Waals surface area contributed by atoms with E-state index in [0.29, 0.717) is 36.0 Å². The van der Waals surface area contributed by atoms with Gasteiger partial charge in [-0.1, -0.05) is 0 Å². The molecule has 1 heterocycles. The lowest BCUT2D eigenvalue weighted by molar-refractivity contribution is -0.154. The summed E-state index contributed by atoms with van der Waals surface area (Å²) in [5.41, 5.74) is -0.548. The van der Waals surface area contributed by atoms with E-state index in [-0.39, 0.29) is 24.6 Å². The largest absolute Gasteiger partial charge is 0.493 e. The van der Waals surface area contributed by atoms with Gasteiger partial charge < -0.3 is 18.7 Å². The molecule has 29 heavy (non-hydrogen) atoms. The Labute approximate surface area is 190 Å². The van der Waals surface area contributed by atoms with Crippen molar-refractivity contribution < 1.29 is 28.3 Å². The number of esters is 1. The van der Waals surface area contributed by atoms with Crippen LogP contribution in [0.15, 0.2) is 18.2 Å². The number of rotatable bonds is 11. The number of carbonyl (C=O) groups is 2. The van der Waals surface area contributed by atoms with E-state index in [1.807, 2.05) is 39.0 Å². The number of fused-ring (bicyclic) bond motifs is 1. The first-order valence-corrected chi connectivity index (χ1v) is 14.0. The highest BCUT2D eigenvalue weighted by Crippen LogP contribution is 2.37. The fraction of sp³-hybridized carbons (Fsp3) is 0.500. The molecule has 0 aliphatic carbocycles. The second-order valence-corrected chi connectivity index (χ2v) is 10.1. The number of halogens is 1. The molecule has 0 N–H and O–H groups in total. The first-order chi connectivity index (χ1) is 13.7. The topological polar surface area (TPSA) is 71.1 Å². The molecule has 0 aliphatic rings. The highest BCUT2D eigenvalue weighted by Gasteiger charge is 2.19. The van der Waals surface area contributed by atoms with Gasteiger partial charge in [-0.2, -0.15) is 0 Å². The molecule has 0 amide bonds. The maximum atomic E-state index is 12.5. The van der Waals surface area contributed by atoms with Crippen molar-refractivity contribution in [2.24, 2.45) is 0 Å². The van der Waals surface area contributed by atoms with Gasteiger partial charge in [-0.25, -0.2) is 0 Å². The molecule has 0 fully saturated rings. The molecule has 0 radical (unpaired) electrons. The zero-order valence-electron chi connectivity index (χ0n) is 17.0. The zero-order chi connectivity index (χ0) is 21.4. The van der Waals surface area contributed by atoms with Gasteiger partial charge in [-0.15, -0.1) is 11.3 Å². The average Bonchev–Trinajstić information content (AvgIpc) is 3.06. The number of carbonyl (C=O) groups excluding carboxylic acids is 2. The van der Waals surface area contributed by atoms with E-state index in [4.69, 9.17) is 18.7 Å². The van der Waals surface area contributed by atoms with E-state index in [2.05, 4.69) is 22.0 Å². The molecule has 1 aromatic heterocycles. The van der Waals surface area contributed by atoms with Crippen molar-refractivity contribution >= 4 is 61.7 Å². The number of hydrogen-bond donors (Lipinski definition) is 0. The van der Waals surface area contributed by atoms with Gasteiger partial charge in [0.1, 0.15) is 5.60 Å². The highest BCUT2D eigenvalue weighted by atomic mass is 127. The van der Waals surface area contributed by atoms with Crippen LogP contribution in [0, 0.1) is 0 Å². The van der Waals surface area contributed by atoms with Gasteiger partial charge in [-0.3, -0.25) is 9.59 Å². The second-order valence-electron chi connectivity index (χ2n) is 7.29. The zero-order valence-corrected chi connectivity index (χ0v) is 21.0. The van der Waals surface area contributed by atoms with Crippen molar-refractivity contribution in [2.45, 2.75) is 45.6 Å². The summed E-state index contributed by atoms with van der Waals surface area (Å²) in [5.74, 6) is 0.831.